The summed E-state index contributed by atoms with van der Waals surface area (Å²) in [6, 6.07) is 3.88. The van der Waals surface area contributed by atoms with Crippen LogP contribution in [0.5, 0.6) is 0 Å². The lowest BCUT2D eigenvalue weighted by atomic mass is 10.2. The van der Waals surface area contributed by atoms with E-state index in [9.17, 15) is 14.0 Å². The van der Waals surface area contributed by atoms with Crippen LogP contribution in [0.3, 0.4) is 0 Å². The fourth-order valence-electron chi connectivity index (χ4n) is 2.42. The smallest absolute Gasteiger partial charge is 0.320 e. The van der Waals surface area contributed by atoms with Crippen molar-refractivity contribution in [3.05, 3.63) is 28.5 Å². The van der Waals surface area contributed by atoms with E-state index < -0.39 is 17.8 Å². The number of carbonyl (C=O) groups is 2. The van der Waals surface area contributed by atoms with Crippen LogP contribution in [0, 0.1) is 5.82 Å². The summed E-state index contributed by atoms with van der Waals surface area (Å²) in [5, 5.41) is 11.5. The highest BCUT2D eigenvalue weighted by Crippen LogP contribution is 2.20. The number of hydrogen-bond donors (Lipinski definition) is 2. The third-order valence-corrected chi connectivity index (χ3v) is 3.97. The van der Waals surface area contributed by atoms with Gasteiger partial charge in [0.05, 0.1) is 5.69 Å². The zero-order valence-corrected chi connectivity index (χ0v) is 12.9. The van der Waals surface area contributed by atoms with Gasteiger partial charge < -0.3 is 10.4 Å². The molecule has 114 valence electrons. The standard InChI is InChI=1S/C14H16BrFN2O3/c15-9-3-4-11(10(16)8-9)17-13(19)5-7-18-6-1-2-12(18)14(20)21/h3-4,8,12H,1-2,5-7H2,(H,17,19)(H,20,21). The zero-order valence-electron chi connectivity index (χ0n) is 11.3. The Kier molecular flexibility index (Phi) is 5.30. The van der Waals surface area contributed by atoms with Crippen molar-refractivity contribution in [2.75, 3.05) is 18.4 Å². The largest absolute Gasteiger partial charge is 0.480 e. The number of rotatable bonds is 5. The van der Waals surface area contributed by atoms with Gasteiger partial charge in [-0.15, -0.1) is 0 Å². The van der Waals surface area contributed by atoms with Gasteiger partial charge in [0, 0.05) is 17.4 Å². The summed E-state index contributed by atoms with van der Waals surface area (Å²) in [7, 11) is 0. The molecule has 1 saturated heterocycles. The molecule has 1 unspecified atom stereocenters. The molecular formula is C14H16BrFN2O3. The van der Waals surface area contributed by atoms with E-state index in [2.05, 4.69) is 21.2 Å². The van der Waals surface area contributed by atoms with E-state index in [0.717, 1.165) is 6.42 Å². The van der Waals surface area contributed by atoms with E-state index >= 15 is 0 Å². The summed E-state index contributed by atoms with van der Waals surface area (Å²) in [6.07, 6.45) is 1.57. The lowest BCUT2D eigenvalue weighted by Gasteiger charge is -2.20. The van der Waals surface area contributed by atoms with Crippen molar-refractivity contribution in [2.24, 2.45) is 0 Å². The Hall–Kier alpha value is -1.47. The van der Waals surface area contributed by atoms with Gasteiger partial charge in [-0.05, 0) is 37.6 Å². The average molecular weight is 359 g/mol. The number of carboxylic acid groups (broad SMARTS) is 1. The van der Waals surface area contributed by atoms with Gasteiger partial charge in [-0.1, -0.05) is 15.9 Å². The van der Waals surface area contributed by atoms with Crippen molar-refractivity contribution in [3.8, 4) is 0 Å². The summed E-state index contributed by atoms with van der Waals surface area (Å²) in [5.41, 5.74) is 0.124. The molecule has 0 bridgehead atoms. The number of halogens is 2. The summed E-state index contributed by atoms with van der Waals surface area (Å²) >= 11 is 3.14. The van der Waals surface area contributed by atoms with Crippen LogP contribution in [0.15, 0.2) is 22.7 Å². The maximum Gasteiger partial charge on any atom is 0.320 e. The molecule has 0 aromatic heterocycles. The maximum absolute atomic E-state index is 13.6. The number of hydrogen-bond acceptors (Lipinski definition) is 3. The van der Waals surface area contributed by atoms with Gasteiger partial charge in [-0.2, -0.15) is 0 Å². The number of nitrogens with one attached hydrogen (secondary N) is 1. The summed E-state index contributed by atoms with van der Waals surface area (Å²) in [4.78, 5) is 24.6. The fourth-order valence-corrected chi connectivity index (χ4v) is 2.76. The van der Waals surface area contributed by atoms with Crippen LogP contribution in [-0.4, -0.2) is 41.0 Å². The number of benzene rings is 1. The van der Waals surface area contributed by atoms with Crippen LogP contribution in [0.1, 0.15) is 19.3 Å². The maximum atomic E-state index is 13.6. The molecule has 5 nitrogen and oxygen atoms in total. The molecule has 1 atom stereocenters. The van der Waals surface area contributed by atoms with E-state index in [0.29, 0.717) is 24.0 Å². The topological polar surface area (TPSA) is 69.6 Å². The first-order valence-corrected chi connectivity index (χ1v) is 7.48. The van der Waals surface area contributed by atoms with Crippen molar-refractivity contribution in [1.82, 2.24) is 4.90 Å². The van der Waals surface area contributed by atoms with Crippen molar-refractivity contribution in [3.63, 3.8) is 0 Å². The first-order valence-electron chi connectivity index (χ1n) is 6.69. The Balaban J connectivity index is 1.86. The van der Waals surface area contributed by atoms with Gasteiger partial charge >= 0.3 is 5.97 Å². The van der Waals surface area contributed by atoms with Crippen molar-refractivity contribution >= 4 is 33.5 Å². The first-order chi connectivity index (χ1) is 9.97. The lowest BCUT2D eigenvalue weighted by Crippen LogP contribution is -2.37. The summed E-state index contributed by atoms with van der Waals surface area (Å²) in [5.74, 6) is -1.69. The van der Waals surface area contributed by atoms with Crippen LogP contribution in [0.25, 0.3) is 0 Å². The average Bonchev–Trinajstić information content (AvgIpc) is 2.88. The number of nitrogens with zero attached hydrogens (tertiary/aromatic N) is 1. The van der Waals surface area contributed by atoms with Crippen LogP contribution >= 0.6 is 15.9 Å². The minimum absolute atomic E-state index is 0.124. The molecule has 1 aromatic rings. The van der Waals surface area contributed by atoms with Crippen LogP contribution in [0.4, 0.5) is 10.1 Å². The van der Waals surface area contributed by atoms with E-state index in [1.165, 1.54) is 12.1 Å². The molecule has 1 aliphatic heterocycles. The highest BCUT2D eigenvalue weighted by Gasteiger charge is 2.30. The summed E-state index contributed by atoms with van der Waals surface area (Å²) < 4.78 is 14.2. The van der Waals surface area contributed by atoms with E-state index in [-0.39, 0.29) is 18.0 Å². The van der Waals surface area contributed by atoms with E-state index in [1.54, 1.807) is 11.0 Å². The first kappa shape index (κ1) is 15.9. The predicted octanol–water partition coefficient (Wildman–Crippen LogP) is 2.47. The van der Waals surface area contributed by atoms with Crippen LogP contribution in [-0.2, 0) is 9.59 Å². The molecule has 0 saturated carbocycles. The minimum Gasteiger partial charge on any atom is -0.480 e. The predicted molar refractivity (Wildman–Crippen MR) is 79.6 cm³/mol. The van der Waals surface area contributed by atoms with Gasteiger partial charge in [0.25, 0.3) is 0 Å². The van der Waals surface area contributed by atoms with Crippen molar-refractivity contribution in [2.45, 2.75) is 25.3 Å². The Bertz CT molecular complexity index is 553. The molecule has 0 spiro atoms. The molecular weight excluding hydrogens is 343 g/mol. The van der Waals surface area contributed by atoms with Gasteiger partial charge in [0.2, 0.25) is 5.91 Å². The van der Waals surface area contributed by atoms with Gasteiger partial charge in [-0.3, -0.25) is 14.5 Å². The second-order valence-corrected chi connectivity index (χ2v) is 5.87. The van der Waals surface area contributed by atoms with Crippen molar-refractivity contribution in [1.29, 1.82) is 0 Å². The molecule has 1 heterocycles. The zero-order chi connectivity index (χ0) is 15.4. The molecule has 1 aliphatic rings. The highest BCUT2D eigenvalue weighted by molar-refractivity contribution is 9.10. The molecule has 0 aliphatic carbocycles. The van der Waals surface area contributed by atoms with Gasteiger partial charge in [-0.25, -0.2) is 4.39 Å². The molecule has 21 heavy (non-hydrogen) atoms. The normalized spacial score (nSPS) is 18.7. The molecule has 0 radical (unpaired) electrons. The number of aliphatic carboxylic acids is 1. The SMILES string of the molecule is O=C(CCN1CCCC1C(=O)O)Nc1ccc(Br)cc1F. The van der Waals surface area contributed by atoms with Gasteiger partial charge in [0.1, 0.15) is 11.9 Å². The Morgan fingerprint density at radius 1 is 1.48 bits per heavy atom. The van der Waals surface area contributed by atoms with E-state index in [4.69, 9.17) is 5.11 Å². The van der Waals surface area contributed by atoms with E-state index in [1.807, 2.05) is 0 Å². The molecule has 1 fully saturated rings. The number of carbonyl (C=O) groups excluding carboxylic acids is 1. The lowest BCUT2D eigenvalue weighted by molar-refractivity contribution is -0.142. The molecule has 2 rings (SSSR count). The third-order valence-electron chi connectivity index (χ3n) is 3.48. The molecule has 7 heteroatoms. The highest BCUT2D eigenvalue weighted by atomic mass is 79.9. The second kappa shape index (κ2) is 7.00. The summed E-state index contributed by atoms with van der Waals surface area (Å²) in [6.45, 7) is 1.04. The monoisotopic (exact) mass is 358 g/mol. The fraction of sp³-hybridized carbons (Fsp3) is 0.429. The number of anilines is 1. The Morgan fingerprint density at radius 2 is 2.24 bits per heavy atom. The number of likely N-dealkylation sites (tertiary alicyclic amines) is 1. The molecule has 1 amide bonds. The third kappa shape index (κ3) is 4.25. The Morgan fingerprint density at radius 3 is 2.90 bits per heavy atom. The molecule has 2 N–H and O–H groups in total. The van der Waals surface area contributed by atoms with Crippen LogP contribution < -0.4 is 5.32 Å². The number of amides is 1. The van der Waals surface area contributed by atoms with Gasteiger partial charge in [0.15, 0.2) is 0 Å². The Labute approximate surface area is 130 Å². The quantitative estimate of drug-likeness (QED) is 0.848. The van der Waals surface area contributed by atoms with Crippen molar-refractivity contribution < 1.29 is 19.1 Å². The molecule has 1 aromatic carbocycles. The second-order valence-electron chi connectivity index (χ2n) is 4.95. The number of carboxylic acids is 1. The minimum atomic E-state index is -0.855. The van der Waals surface area contributed by atoms with Crippen LogP contribution in [0.2, 0.25) is 0 Å².